The highest BCUT2D eigenvalue weighted by Gasteiger charge is 2.24. The molecule has 8 heteroatoms. The Hall–Kier alpha value is -7.32. The Labute approximate surface area is 301 Å². The summed E-state index contributed by atoms with van der Waals surface area (Å²) >= 11 is 0. The van der Waals surface area contributed by atoms with Crippen molar-refractivity contribution in [2.45, 2.75) is 6.42 Å². The summed E-state index contributed by atoms with van der Waals surface area (Å²) in [5.74, 6) is 0.374. The second kappa shape index (κ2) is 12.2. The molecule has 0 amide bonds. The minimum Gasteiger partial charge on any atom is -0.401 e. The first-order valence-corrected chi connectivity index (χ1v) is 17.3. The molecule has 0 radical (unpaired) electrons. The molecular formula is C45H28N4O4. The predicted octanol–water partition coefficient (Wildman–Crippen LogP) is 9.91. The van der Waals surface area contributed by atoms with E-state index in [1.807, 2.05) is 146 Å². The second-order valence-corrected chi connectivity index (χ2v) is 13.0. The Morgan fingerprint density at radius 3 is 1.30 bits per heavy atom. The molecule has 0 spiro atoms. The molecule has 0 saturated carbocycles. The molecule has 0 atom stereocenters. The minimum absolute atomic E-state index is 0.187. The van der Waals surface area contributed by atoms with Crippen LogP contribution in [0, 0.1) is 0 Å². The summed E-state index contributed by atoms with van der Waals surface area (Å²) in [6, 6.07) is 46.9. The van der Waals surface area contributed by atoms with Crippen LogP contribution in [0.2, 0.25) is 0 Å². The van der Waals surface area contributed by atoms with Gasteiger partial charge in [-0.1, -0.05) is 109 Å². The second-order valence-electron chi connectivity index (χ2n) is 13.0. The summed E-state index contributed by atoms with van der Waals surface area (Å²) in [5, 5.41) is 2.70. The third kappa shape index (κ3) is 5.24. The number of hydrogen-bond acceptors (Lipinski definition) is 6. The van der Waals surface area contributed by atoms with E-state index >= 15 is 0 Å². The lowest BCUT2D eigenvalue weighted by molar-refractivity contribution is 0.516. The van der Waals surface area contributed by atoms with Crippen LogP contribution in [0.15, 0.2) is 164 Å². The van der Waals surface area contributed by atoms with Crippen LogP contribution in [-0.4, -0.2) is 19.9 Å². The van der Waals surface area contributed by atoms with Gasteiger partial charge in [-0.25, -0.2) is 19.6 Å². The zero-order chi connectivity index (χ0) is 35.5. The number of aromatic nitrogens is 4. The number of para-hydroxylation sites is 2. The molecule has 53 heavy (non-hydrogen) atoms. The maximum absolute atomic E-state index is 13.6. The number of nitrogens with zero attached hydrogens (tertiary/aromatic N) is 2. The fourth-order valence-electron chi connectivity index (χ4n) is 7.29. The molecule has 252 valence electrons. The average Bonchev–Trinajstić information content (AvgIpc) is 3.77. The molecule has 10 aromatic rings. The largest absolute Gasteiger partial charge is 0.401 e. The molecule has 0 unspecified atom stereocenters. The summed E-state index contributed by atoms with van der Waals surface area (Å²) < 4.78 is 12.0. The molecule has 0 fully saturated rings. The Kier molecular flexibility index (Phi) is 7.01. The summed E-state index contributed by atoms with van der Waals surface area (Å²) in [5.41, 5.74) is 8.60. The first-order chi connectivity index (χ1) is 26.1. The highest BCUT2D eigenvalue weighted by Crippen LogP contribution is 2.37. The highest BCUT2D eigenvalue weighted by molar-refractivity contribution is 5.95. The first-order valence-electron chi connectivity index (χ1n) is 17.3. The molecule has 0 aliphatic rings. The van der Waals surface area contributed by atoms with Gasteiger partial charge in [-0.2, -0.15) is 0 Å². The van der Waals surface area contributed by atoms with Crippen LogP contribution >= 0.6 is 0 Å². The molecular weight excluding hydrogens is 661 g/mol. The van der Waals surface area contributed by atoms with Crippen molar-refractivity contribution in [1.29, 1.82) is 0 Å². The van der Waals surface area contributed by atoms with E-state index in [1.54, 1.807) is 0 Å². The molecule has 0 saturated heterocycles. The van der Waals surface area contributed by atoms with Gasteiger partial charge >= 0.3 is 11.3 Å². The van der Waals surface area contributed by atoms with Gasteiger partial charge in [-0.05, 0) is 69.8 Å². The van der Waals surface area contributed by atoms with Crippen molar-refractivity contribution in [3.8, 4) is 45.4 Å². The summed E-state index contributed by atoms with van der Waals surface area (Å²) in [6.07, 6.45) is 0.380. The lowest BCUT2D eigenvalue weighted by Gasteiger charge is -2.08. The van der Waals surface area contributed by atoms with Crippen LogP contribution in [0.25, 0.3) is 89.0 Å². The Bertz CT molecular complexity index is 2930. The Balaban J connectivity index is 1.12. The van der Waals surface area contributed by atoms with Crippen LogP contribution in [-0.2, 0) is 6.42 Å². The van der Waals surface area contributed by atoms with Crippen LogP contribution in [0.4, 0.5) is 0 Å². The van der Waals surface area contributed by atoms with E-state index in [-0.39, 0.29) is 11.8 Å². The lowest BCUT2D eigenvalue weighted by atomic mass is 9.98. The van der Waals surface area contributed by atoms with Gasteiger partial charge in [-0.15, -0.1) is 0 Å². The molecule has 0 aliphatic heterocycles. The van der Waals surface area contributed by atoms with E-state index in [1.165, 1.54) is 0 Å². The van der Waals surface area contributed by atoms with Crippen molar-refractivity contribution >= 4 is 43.6 Å². The van der Waals surface area contributed by atoms with Gasteiger partial charge in [0.15, 0.2) is 0 Å². The lowest BCUT2D eigenvalue weighted by Crippen LogP contribution is -2.05. The van der Waals surface area contributed by atoms with Crippen LogP contribution in [0.5, 0.6) is 0 Å². The Morgan fingerprint density at radius 2 is 0.849 bits per heavy atom. The van der Waals surface area contributed by atoms with Crippen LogP contribution in [0.3, 0.4) is 0 Å². The third-order valence-electron chi connectivity index (χ3n) is 9.88. The highest BCUT2D eigenvalue weighted by atomic mass is 16.4. The van der Waals surface area contributed by atoms with Crippen molar-refractivity contribution in [3.63, 3.8) is 0 Å². The predicted molar refractivity (Wildman–Crippen MR) is 209 cm³/mol. The van der Waals surface area contributed by atoms with Gasteiger partial charge in [0.1, 0.15) is 11.4 Å². The van der Waals surface area contributed by atoms with Gasteiger partial charge in [0.2, 0.25) is 11.8 Å². The van der Waals surface area contributed by atoms with Crippen molar-refractivity contribution in [3.05, 3.63) is 178 Å². The molecule has 0 aliphatic carbocycles. The molecule has 4 heterocycles. The zero-order valence-corrected chi connectivity index (χ0v) is 28.1. The molecule has 0 bridgehead atoms. The number of fused-ring (bicyclic) bond motifs is 4. The maximum Gasteiger partial charge on any atom is 0.347 e. The summed E-state index contributed by atoms with van der Waals surface area (Å²) in [6.45, 7) is 0. The molecule has 6 aromatic carbocycles. The topological polar surface area (TPSA) is 118 Å². The van der Waals surface area contributed by atoms with Gasteiger partial charge in [0.05, 0.1) is 21.8 Å². The van der Waals surface area contributed by atoms with Crippen LogP contribution in [0.1, 0.15) is 11.1 Å². The van der Waals surface area contributed by atoms with Gasteiger partial charge < -0.3 is 18.8 Å². The maximum atomic E-state index is 13.6. The molecule has 4 aromatic heterocycles. The van der Waals surface area contributed by atoms with Crippen molar-refractivity contribution in [2.24, 2.45) is 0 Å². The number of rotatable bonds is 6. The number of benzene rings is 6. The van der Waals surface area contributed by atoms with Crippen LogP contribution < -0.4 is 11.3 Å². The van der Waals surface area contributed by atoms with Gasteiger partial charge in [-0.3, -0.25) is 0 Å². The smallest absolute Gasteiger partial charge is 0.347 e. The average molecular weight is 689 g/mol. The fraction of sp³-hybridized carbons (Fsp3) is 0.0222. The zero-order valence-electron chi connectivity index (χ0n) is 28.1. The van der Waals surface area contributed by atoms with E-state index in [4.69, 9.17) is 18.8 Å². The minimum atomic E-state index is -0.474. The molecule has 10 rings (SSSR count). The molecule has 8 nitrogen and oxygen atoms in total. The number of aromatic amines is 2. The third-order valence-corrected chi connectivity index (χ3v) is 9.88. The SMILES string of the molecule is O=c1oc(-c2[nH]c3ccccc3c2Cc2c(-c3nc4ccc(-c5ccccc5)cc4c(=O)o3)[nH]c3ccccc23)nc2ccc(-c3ccccc3)cc12. The van der Waals surface area contributed by atoms with Crippen molar-refractivity contribution < 1.29 is 8.83 Å². The normalized spacial score (nSPS) is 11.6. The summed E-state index contributed by atoms with van der Waals surface area (Å²) in [4.78, 5) is 43.9. The number of nitrogens with one attached hydrogen (secondary N) is 2. The number of hydrogen-bond donors (Lipinski definition) is 2. The first kappa shape index (κ1) is 30.5. The van der Waals surface area contributed by atoms with Crippen molar-refractivity contribution in [2.75, 3.05) is 0 Å². The monoisotopic (exact) mass is 688 g/mol. The fourth-order valence-corrected chi connectivity index (χ4v) is 7.29. The van der Waals surface area contributed by atoms with E-state index in [2.05, 4.69) is 9.97 Å². The van der Waals surface area contributed by atoms with E-state index < -0.39 is 11.3 Å². The molecule has 2 N–H and O–H groups in total. The Morgan fingerprint density at radius 1 is 0.434 bits per heavy atom. The number of H-pyrrole nitrogens is 2. The van der Waals surface area contributed by atoms with E-state index in [0.717, 1.165) is 55.2 Å². The quantitative estimate of drug-likeness (QED) is 0.180. The van der Waals surface area contributed by atoms with Crippen molar-refractivity contribution in [1.82, 2.24) is 19.9 Å². The van der Waals surface area contributed by atoms with E-state index in [0.29, 0.717) is 39.6 Å². The standard InChI is InChI=1S/C45H28N4O4/c50-44-34-23-28(26-11-3-1-4-12-26)19-21-38(34)48-42(52-44)40-32(30-15-7-9-17-36(30)46-40)25-33-31-16-8-10-18-37(31)47-41(33)43-49-39-22-20-29(24-35(39)45(51)53-43)27-13-5-2-6-14-27/h1-24,46-47H,25H2. The van der Waals surface area contributed by atoms with Gasteiger partial charge in [0.25, 0.3) is 0 Å². The van der Waals surface area contributed by atoms with E-state index in [9.17, 15) is 9.59 Å². The summed E-state index contributed by atoms with van der Waals surface area (Å²) in [7, 11) is 0. The van der Waals surface area contributed by atoms with Gasteiger partial charge in [0, 0.05) is 28.2 Å².